The third-order valence-corrected chi connectivity index (χ3v) is 3.45. The number of methoxy groups -OCH3 is 1. The van der Waals surface area contributed by atoms with Gasteiger partial charge >= 0.3 is 12.1 Å². The van der Waals surface area contributed by atoms with Gasteiger partial charge in [0.2, 0.25) is 0 Å². The fourth-order valence-corrected chi connectivity index (χ4v) is 2.56. The number of hydrogen-bond acceptors (Lipinski definition) is 4. The Morgan fingerprint density at radius 3 is 2.53 bits per heavy atom. The summed E-state index contributed by atoms with van der Waals surface area (Å²) < 4.78 is 8.97. The standard InChI is InChI=1S/C13H14ClNO4/c1-18-12(16)11-8-7-10(15(11)13(17)19-14)9-5-3-2-4-6-9/h2-6,10-11H,7-8H2,1H3. The molecule has 0 aromatic heterocycles. The Morgan fingerprint density at radius 1 is 1.26 bits per heavy atom. The lowest BCUT2D eigenvalue weighted by Gasteiger charge is -2.26. The van der Waals surface area contributed by atoms with Crippen molar-refractivity contribution in [3.8, 4) is 0 Å². The second-order valence-electron chi connectivity index (χ2n) is 4.29. The minimum absolute atomic E-state index is 0.225. The number of hydrogen-bond donors (Lipinski definition) is 0. The molecule has 0 N–H and O–H groups in total. The highest BCUT2D eigenvalue weighted by Crippen LogP contribution is 2.37. The van der Waals surface area contributed by atoms with E-state index in [1.54, 1.807) is 0 Å². The summed E-state index contributed by atoms with van der Waals surface area (Å²) >= 11 is 5.15. The van der Waals surface area contributed by atoms with Gasteiger partial charge in [0.1, 0.15) is 17.9 Å². The van der Waals surface area contributed by atoms with Gasteiger partial charge in [0, 0.05) is 0 Å². The number of nitrogens with zero attached hydrogens (tertiary/aromatic N) is 1. The van der Waals surface area contributed by atoms with Gasteiger partial charge in [-0.1, -0.05) is 30.3 Å². The lowest BCUT2D eigenvalue weighted by atomic mass is 10.1. The Hall–Kier alpha value is -1.75. The van der Waals surface area contributed by atoms with Crippen molar-refractivity contribution in [2.24, 2.45) is 0 Å². The molecule has 2 atom stereocenters. The molecule has 1 fully saturated rings. The molecule has 19 heavy (non-hydrogen) atoms. The first-order chi connectivity index (χ1) is 9.19. The third kappa shape index (κ3) is 2.66. The van der Waals surface area contributed by atoms with E-state index < -0.39 is 18.1 Å². The Kier molecular flexibility index (Phi) is 4.27. The Bertz CT molecular complexity index is 465. The second kappa shape index (κ2) is 5.93. The van der Waals surface area contributed by atoms with Gasteiger partial charge in [0.15, 0.2) is 0 Å². The molecule has 2 unspecified atom stereocenters. The van der Waals surface area contributed by atoms with E-state index in [2.05, 4.69) is 4.29 Å². The quantitative estimate of drug-likeness (QED) is 0.783. The molecule has 0 bridgehead atoms. The molecule has 102 valence electrons. The number of rotatable bonds is 2. The summed E-state index contributed by atoms with van der Waals surface area (Å²) in [6.45, 7) is 0. The summed E-state index contributed by atoms with van der Waals surface area (Å²) in [5, 5.41) is 0. The summed E-state index contributed by atoms with van der Waals surface area (Å²) in [6.07, 6.45) is 0.456. The van der Waals surface area contributed by atoms with Gasteiger partial charge in [-0.25, -0.2) is 9.59 Å². The molecule has 1 amide bonds. The van der Waals surface area contributed by atoms with Crippen LogP contribution in [-0.2, 0) is 13.8 Å². The predicted octanol–water partition coefficient (Wildman–Crippen LogP) is 2.66. The zero-order valence-electron chi connectivity index (χ0n) is 10.4. The van der Waals surface area contributed by atoms with E-state index in [0.29, 0.717) is 12.8 Å². The average Bonchev–Trinajstić information content (AvgIpc) is 2.91. The van der Waals surface area contributed by atoms with Crippen molar-refractivity contribution in [1.82, 2.24) is 4.90 Å². The summed E-state index contributed by atoms with van der Waals surface area (Å²) in [5.41, 5.74) is 0.941. The van der Waals surface area contributed by atoms with Crippen LogP contribution < -0.4 is 0 Å². The number of carbonyl (C=O) groups is 2. The molecule has 1 aromatic carbocycles. The molecular weight excluding hydrogens is 270 g/mol. The molecule has 1 aromatic rings. The van der Waals surface area contributed by atoms with Crippen LogP contribution in [0, 0.1) is 0 Å². The first kappa shape index (κ1) is 13.7. The molecule has 0 radical (unpaired) electrons. The number of amides is 1. The zero-order valence-corrected chi connectivity index (χ0v) is 11.2. The monoisotopic (exact) mass is 283 g/mol. The Labute approximate surface area is 116 Å². The molecule has 1 saturated heterocycles. The number of carbonyl (C=O) groups excluding carboxylic acids is 2. The second-order valence-corrected chi connectivity index (χ2v) is 4.45. The molecule has 6 heteroatoms. The van der Waals surface area contributed by atoms with E-state index in [0.717, 1.165) is 5.56 Å². The number of likely N-dealkylation sites (tertiary alicyclic amines) is 1. The lowest BCUT2D eigenvalue weighted by molar-refractivity contribution is -0.145. The van der Waals surface area contributed by atoms with E-state index in [1.807, 2.05) is 30.3 Å². The summed E-state index contributed by atoms with van der Waals surface area (Å²) in [6, 6.07) is 8.58. The molecule has 0 saturated carbocycles. The number of esters is 1. The minimum Gasteiger partial charge on any atom is -0.467 e. The normalized spacial score (nSPS) is 22.1. The molecule has 1 aliphatic rings. The largest absolute Gasteiger partial charge is 0.467 e. The van der Waals surface area contributed by atoms with E-state index >= 15 is 0 Å². The van der Waals surface area contributed by atoms with E-state index in [4.69, 9.17) is 16.6 Å². The van der Waals surface area contributed by atoms with Crippen molar-refractivity contribution in [2.45, 2.75) is 24.9 Å². The first-order valence-electron chi connectivity index (χ1n) is 5.92. The molecule has 0 aliphatic carbocycles. The predicted molar refractivity (Wildman–Crippen MR) is 68.4 cm³/mol. The van der Waals surface area contributed by atoms with Crippen LogP contribution in [-0.4, -0.2) is 30.1 Å². The van der Waals surface area contributed by atoms with Crippen molar-refractivity contribution in [2.75, 3.05) is 7.11 Å². The molecule has 1 aliphatic heterocycles. The van der Waals surface area contributed by atoms with Gasteiger partial charge in [-0.3, -0.25) is 4.90 Å². The lowest BCUT2D eigenvalue weighted by Crippen LogP contribution is -2.41. The highest BCUT2D eigenvalue weighted by atomic mass is 35.5. The van der Waals surface area contributed by atoms with Crippen molar-refractivity contribution in [3.05, 3.63) is 35.9 Å². The van der Waals surface area contributed by atoms with Crippen molar-refractivity contribution < 1.29 is 18.6 Å². The maximum Gasteiger partial charge on any atom is 0.429 e. The Balaban J connectivity index is 2.29. The third-order valence-electron chi connectivity index (χ3n) is 3.32. The summed E-state index contributed by atoms with van der Waals surface area (Å²) in [7, 11) is 1.29. The van der Waals surface area contributed by atoms with E-state index in [9.17, 15) is 9.59 Å². The van der Waals surface area contributed by atoms with Crippen molar-refractivity contribution >= 4 is 23.9 Å². The van der Waals surface area contributed by atoms with Crippen molar-refractivity contribution in [1.29, 1.82) is 0 Å². The van der Waals surface area contributed by atoms with Crippen LogP contribution in [0.25, 0.3) is 0 Å². The van der Waals surface area contributed by atoms with Crippen LogP contribution in [0.4, 0.5) is 4.79 Å². The topological polar surface area (TPSA) is 55.8 Å². The fraction of sp³-hybridized carbons (Fsp3) is 0.385. The van der Waals surface area contributed by atoms with Gasteiger partial charge in [0.25, 0.3) is 0 Å². The van der Waals surface area contributed by atoms with E-state index in [-0.39, 0.29) is 6.04 Å². The van der Waals surface area contributed by atoms with Gasteiger partial charge in [-0.15, -0.1) is 0 Å². The summed E-state index contributed by atoms with van der Waals surface area (Å²) in [5.74, 6) is -0.458. The van der Waals surface area contributed by atoms with Crippen LogP contribution in [0.15, 0.2) is 30.3 Å². The van der Waals surface area contributed by atoms with Crippen LogP contribution in [0.2, 0.25) is 0 Å². The maximum atomic E-state index is 11.8. The number of halogens is 1. The maximum absolute atomic E-state index is 11.8. The van der Waals surface area contributed by atoms with Crippen LogP contribution >= 0.6 is 11.9 Å². The molecule has 0 spiro atoms. The van der Waals surface area contributed by atoms with Crippen molar-refractivity contribution in [3.63, 3.8) is 0 Å². The molecule has 1 heterocycles. The number of ether oxygens (including phenoxy) is 1. The van der Waals surface area contributed by atoms with Gasteiger partial charge in [0.05, 0.1) is 13.2 Å². The average molecular weight is 284 g/mol. The molecule has 5 nitrogen and oxygen atoms in total. The SMILES string of the molecule is COC(=O)C1CCC(c2ccccc2)N1C(=O)OCl. The van der Waals surface area contributed by atoms with Crippen LogP contribution in [0.1, 0.15) is 24.4 Å². The first-order valence-corrected chi connectivity index (χ1v) is 6.23. The van der Waals surface area contributed by atoms with Crippen LogP contribution in [0.3, 0.4) is 0 Å². The Morgan fingerprint density at radius 2 is 1.95 bits per heavy atom. The molecule has 2 rings (SSSR count). The van der Waals surface area contributed by atoms with Gasteiger partial charge in [-0.2, -0.15) is 0 Å². The smallest absolute Gasteiger partial charge is 0.429 e. The fourth-order valence-electron chi connectivity index (χ4n) is 2.48. The minimum atomic E-state index is -0.733. The van der Waals surface area contributed by atoms with Gasteiger partial charge < -0.3 is 9.03 Å². The molecular formula is C13H14ClNO4. The number of benzene rings is 1. The van der Waals surface area contributed by atoms with Gasteiger partial charge in [-0.05, 0) is 18.4 Å². The van der Waals surface area contributed by atoms with E-state index in [1.165, 1.54) is 12.0 Å². The summed E-state index contributed by atoms with van der Waals surface area (Å²) in [4.78, 5) is 24.8. The van der Waals surface area contributed by atoms with Crippen LogP contribution in [0.5, 0.6) is 0 Å². The highest BCUT2D eigenvalue weighted by molar-refractivity contribution is 6.13. The highest BCUT2D eigenvalue weighted by Gasteiger charge is 2.43. The zero-order chi connectivity index (χ0) is 13.8.